The number of carbonyl (C=O) groups excluding carboxylic acids is 1. The summed E-state index contributed by atoms with van der Waals surface area (Å²) in [5, 5.41) is 3.44. The molecule has 0 atom stereocenters. The van der Waals surface area contributed by atoms with Crippen LogP contribution in [-0.4, -0.2) is 17.4 Å². The average Bonchev–Trinajstić information content (AvgIpc) is 3.22. The molecule has 0 aliphatic carbocycles. The Morgan fingerprint density at radius 1 is 1.14 bits per heavy atom. The molecule has 0 bridgehead atoms. The molecule has 29 heavy (non-hydrogen) atoms. The van der Waals surface area contributed by atoms with Crippen LogP contribution in [0, 0.1) is 0 Å². The van der Waals surface area contributed by atoms with Crippen molar-refractivity contribution in [3.8, 4) is 0 Å². The summed E-state index contributed by atoms with van der Waals surface area (Å²) in [6.07, 6.45) is -1.96. The van der Waals surface area contributed by atoms with E-state index in [9.17, 15) is 18.0 Å². The van der Waals surface area contributed by atoms with Gasteiger partial charge in [-0.05, 0) is 35.2 Å². The van der Waals surface area contributed by atoms with Crippen molar-refractivity contribution in [2.45, 2.75) is 25.7 Å². The fourth-order valence-electron chi connectivity index (χ4n) is 3.30. The lowest BCUT2D eigenvalue weighted by Crippen LogP contribution is -2.30. The van der Waals surface area contributed by atoms with Crippen LogP contribution in [0.1, 0.15) is 31.9 Å². The molecule has 1 aliphatic heterocycles. The standard InChI is InChI=1S/C21H18F3N3OS/c22-21(23,24)17-7-3-4-14(10-17)11-25-19(28)18-12-26-20(29-18)27-9-8-15-5-1-2-6-16(15)13-27/h1-7,10,12H,8-9,11,13H2,(H,25,28). The van der Waals surface area contributed by atoms with Gasteiger partial charge in [-0.15, -0.1) is 0 Å². The summed E-state index contributed by atoms with van der Waals surface area (Å²) in [7, 11) is 0. The van der Waals surface area contributed by atoms with Gasteiger partial charge in [-0.3, -0.25) is 4.79 Å². The van der Waals surface area contributed by atoms with Crippen LogP contribution in [0.4, 0.5) is 18.3 Å². The predicted molar refractivity (Wildman–Crippen MR) is 106 cm³/mol. The predicted octanol–water partition coefficient (Wildman–Crippen LogP) is 4.65. The van der Waals surface area contributed by atoms with Gasteiger partial charge in [0, 0.05) is 19.6 Å². The third kappa shape index (κ3) is 4.42. The van der Waals surface area contributed by atoms with Crippen molar-refractivity contribution in [2.24, 2.45) is 0 Å². The van der Waals surface area contributed by atoms with Crippen molar-refractivity contribution in [3.05, 3.63) is 81.9 Å². The number of thiazole rings is 1. The number of carbonyl (C=O) groups is 1. The normalized spacial score (nSPS) is 13.8. The molecule has 0 fully saturated rings. The summed E-state index contributed by atoms with van der Waals surface area (Å²) in [6.45, 7) is 1.60. The fourth-order valence-corrected chi connectivity index (χ4v) is 4.16. The number of hydrogen-bond donors (Lipinski definition) is 1. The molecule has 4 nitrogen and oxygen atoms in total. The number of rotatable bonds is 4. The van der Waals surface area contributed by atoms with Crippen LogP contribution >= 0.6 is 11.3 Å². The molecule has 1 N–H and O–H groups in total. The zero-order valence-electron chi connectivity index (χ0n) is 15.4. The third-order valence-corrected chi connectivity index (χ3v) is 5.88. The first-order chi connectivity index (χ1) is 13.9. The van der Waals surface area contributed by atoms with E-state index in [1.54, 1.807) is 6.07 Å². The molecule has 8 heteroatoms. The number of nitrogens with zero attached hydrogens (tertiary/aromatic N) is 2. The number of hydrogen-bond acceptors (Lipinski definition) is 4. The van der Waals surface area contributed by atoms with E-state index < -0.39 is 11.7 Å². The number of benzene rings is 2. The van der Waals surface area contributed by atoms with Gasteiger partial charge in [0.25, 0.3) is 5.91 Å². The number of aromatic nitrogens is 1. The maximum Gasteiger partial charge on any atom is 0.416 e. The van der Waals surface area contributed by atoms with E-state index in [4.69, 9.17) is 0 Å². The highest BCUT2D eigenvalue weighted by Gasteiger charge is 2.30. The largest absolute Gasteiger partial charge is 0.416 e. The molecule has 1 aliphatic rings. The molecule has 1 amide bonds. The molecular weight excluding hydrogens is 399 g/mol. The summed E-state index contributed by atoms with van der Waals surface area (Å²) in [6, 6.07) is 13.2. The number of amides is 1. The van der Waals surface area contributed by atoms with Crippen LogP contribution in [0.25, 0.3) is 0 Å². The van der Waals surface area contributed by atoms with Crippen molar-refractivity contribution in [1.29, 1.82) is 0 Å². The second kappa shape index (κ2) is 7.87. The van der Waals surface area contributed by atoms with E-state index in [-0.39, 0.29) is 12.5 Å². The molecule has 3 aromatic rings. The van der Waals surface area contributed by atoms with Gasteiger partial charge in [0.2, 0.25) is 0 Å². The molecular formula is C21H18F3N3OS. The Balaban J connectivity index is 1.39. The minimum absolute atomic E-state index is 0.0209. The van der Waals surface area contributed by atoms with Gasteiger partial charge in [0.05, 0.1) is 11.8 Å². The molecule has 0 saturated carbocycles. The molecule has 2 aromatic carbocycles. The lowest BCUT2D eigenvalue weighted by molar-refractivity contribution is -0.137. The van der Waals surface area contributed by atoms with Gasteiger partial charge in [-0.25, -0.2) is 4.98 Å². The van der Waals surface area contributed by atoms with Crippen LogP contribution in [0.5, 0.6) is 0 Å². The molecule has 0 radical (unpaired) electrons. The SMILES string of the molecule is O=C(NCc1cccc(C(F)(F)F)c1)c1cnc(N2CCc3ccccc3C2)s1. The molecule has 150 valence electrons. The smallest absolute Gasteiger partial charge is 0.347 e. The van der Waals surface area contributed by atoms with E-state index in [0.29, 0.717) is 10.4 Å². The quantitative estimate of drug-likeness (QED) is 0.672. The zero-order valence-corrected chi connectivity index (χ0v) is 16.2. The van der Waals surface area contributed by atoms with Gasteiger partial charge >= 0.3 is 6.18 Å². The number of alkyl halides is 3. The Morgan fingerprint density at radius 3 is 2.72 bits per heavy atom. The monoisotopic (exact) mass is 417 g/mol. The minimum Gasteiger partial charge on any atom is -0.347 e. The zero-order chi connectivity index (χ0) is 20.4. The van der Waals surface area contributed by atoms with Crippen molar-refractivity contribution >= 4 is 22.4 Å². The topological polar surface area (TPSA) is 45.2 Å². The maximum atomic E-state index is 12.8. The van der Waals surface area contributed by atoms with Gasteiger partial charge in [-0.1, -0.05) is 47.7 Å². The molecule has 2 heterocycles. The molecule has 1 aromatic heterocycles. The average molecular weight is 417 g/mol. The molecule has 0 saturated heterocycles. The highest BCUT2D eigenvalue weighted by molar-refractivity contribution is 7.17. The van der Waals surface area contributed by atoms with Crippen molar-refractivity contribution in [2.75, 3.05) is 11.4 Å². The van der Waals surface area contributed by atoms with E-state index in [1.807, 2.05) is 12.1 Å². The van der Waals surface area contributed by atoms with Gasteiger partial charge in [0.1, 0.15) is 4.88 Å². The summed E-state index contributed by atoms with van der Waals surface area (Å²) in [4.78, 5) is 19.4. The van der Waals surface area contributed by atoms with Crippen LogP contribution in [0.15, 0.2) is 54.7 Å². The number of anilines is 1. The van der Waals surface area contributed by atoms with Crippen molar-refractivity contribution in [1.82, 2.24) is 10.3 Å². The van der Waals surface area contributed by atoms with E-state index >= 15 is 0 Å². The lowest BCUT2D eigenvalue weighted by atomic mass is 10.0. The number of nitrogens with one attached hydrogen (secondary N) is 1. The van der Waals surface area contributed by atoms with Crippen molar-refractivity contribution < 1.29 is 18.0 Å². The Kier molecular flexibility index (Phi) is 5.27. The summed E-state index contributed by atoms with van der Waals surface area (Å²) < 4.78 is 38.4. The van der Waals surface area contributed by atoms with Gasteiger partial charge < -0.3 is 10.2 Å². The van der Waals surface area contributed by atoms with Crippen LogP contribution in [-0.2, 0) is 25.7 Å². The Morgan fingerprint density at radius 2 is 1.93 bits per heavy atom. The number of halogens is 3. The molecule has 0 spiro atoms. The molecule has 4 rings (SSSR count). The summed E-state index contributed by atoms with van der Waals surface area (Å²) >= 11 is 1.29. The lowest BCUT2D eigenvalue weighted by Gasteiger charge is -2.28. The first-order valence-electron chi connectivity index (χ1n) is 9.12. The van der Waals surface area contributed by atoms with E-state index in [1.165, 1.54) is 34.7 Å². The fraction of sp³-hybridized carbons (Fsp3) is 0.238. The second-order valence-corrected chi connectivity index (χ2v) is 7.84. The van der Waals surface area contributed by atoms with Crippen LogP contribution in [0.3, 0.4) is 0 Å². The minimum atomic E-state index is -4.40. The number of fused-ring (bicyclic) bond motifs is 1. The molecule has 0 unspecified atom stereocenters. The Bertz CT molecular complexity index is 1030. The third-order valence-electron chi connectivity index (χ3n) is 4.83. The highest BCUT2D eigenvalue weighted by atomic mass is 32.1. The van der Waals surface area contributed by atoms with E-state index in [0.717, 1.165) is 36.8 Å². The maximum absolute atomic E-state index is 12.8. The second-order valence-electron chi connectivity index (χ2n) is 6.83. The van der Waals surface area contributed by atoms with Gasteiger partial charge in [-0.2, -0.15) is 13.2 Å². The Hall–Kier alpha value is -2.87. The van der Waals surface area contributed by atoms with E-state index in [2.05, 4.69) is 27.3 Å². The summed E-state index contributed by atoms with van der Waals surface area (Å²) in [5.41, 5.74) is 2.25. The van der Waals surface area contributed by atoms with Gasteiger partial charge in [0.15, 0.2) is 5.13 Å². The van der Waals surface area contributed by atoms with Crippen LogP contribution < -0.4 is 10.2 Å². The highest BCUT2D eigenvalue weighted by Crippen LogP contribution is 2.30. The first-order valence-corrected chi connectivity index (χ1v) is 9.94. The summed E-state index contributed by atoms with van der Waals surface area (Å²) in [5.74, 6) is -0.344. The van der Waals surface area contributed by atoms with Crippen LogP contribution in [0.2, 0.25) is 0 Å². The Labute approximate surface area is 170 Å². The van der Waals surface area contributed by atoms with Crippen molar-refractivity contribution in [3.63, 3.8) is 0 Å². The first kappa shape index (κ1) is 19.4.